The van der Waals surface area contributed by atoms with Crippen LogP contribution in [0.5, 0.6) is 0 Å². The van der Waals surface area contributed by atoms with Crippen molar-refractivity contribution in [3.8, 4) is 17.9 Å². The summed E-state index contributed by atoms with van der Waals surface area (Å²) in [6, 6.07) is 7.63. The Morgan fingerprint density at radius 3 is 2.68 bits per heavy atom. The van der Waals surface area contributed by atoms with Crippen molar-refractivity contribution in [3.63, 3.8) is 0 Å². The van der Waals surface area contributed by atoms with Crippen LogP contribution in [0.2, 0.25) is 0 Å². The number of aromatic nitrogens is 1. The number of hydrogen-bond acceptors (Lipinski definition) is 4. The second-order valence-electron chi connectivity index (χ2n) is 4.14. The zero-order chi connectivity index (χ0) is 15.9. The lowest BCUT2D eigenvalue weighted by atomic mass is 10.1. The molecule has 2 rings (SSSR count). The predicted octanol–water partition coefficient (Wildman–Crippen LogP) is 2.67. The molecule has 0 aliphatic rings. The lowest BCUT2D eigenvalue weighted by Crippen LogP contribution is -2.12. The van der Waals surface area contributed by atoms with Crippen molar-refractivity contribution < 1.29 is 13.9 Å². The summed E-state index contributed by atoms with van der Waals surface area (Å²) >= 11 is 0. The summed E-state index contributed by atoms with van der Waals surface area (Å²) in [5.74, 6) is 5.04. The summed E-state index contributed by atoms with van der Waals surface area (Å²) in [6.07, 6.45) is 2.18. The Morgan fingerprint density at radius 2 is 1.95 bits per heavy atom. The number of benzene rings is 1. The van der Waals surface area contributed by atoms with E-state index < -0.39 is 11.9 Å². The monoisotopic (exact) mass is 295 g/mol. The number of methoxy groups -OCH3 is 1. The van der Waals surface area contributed by atoms with Gasteiger partial charge in [-0.3, -0.25) is 10.3 Å². The zero-order valence-corrected chi connectivity index (χ0v) is 11.6. The number of rotatable bonds is 1. The van der Waals surface area contributed by atoms with Crippen molar-refractivity contribution in [1.29, 1.82) is 5.26 Å². The molecule has 1 aromatic carbocycles. The van der Waals surface area contributed by atoms with Crippen molar-refractivity contribution in [1.82, 2.24) is 4.98 Å². The average molecular weight is 295 g/mol. The first kappa shape index (κ1) is 15.0. The van der Waals surface area contributed by atoms with Crippen LogP contribution >= 0.6 is 0 Å². The fraction of sp³-hybridized carbons (Fsp3) is 0.0625. The lowest BCUT2D eigenvalue weighted by Gasteiger charge is -2.05. The molecule has 0 aliphatic carbocycles. The Balaban J connectivity index is 2.27. The number of carbonyl (C=O) groups excluding carboxylic acids is 1. The van der Waals surface area contributed by atoms with Gasteiger partial charge in [0.2, 0.25) is 0 Å². The molecule has 0 spiro atoms. The van der Waals surface area contributed by atoms with Gasteiger partial charge in [0, 0.05) is 23.5 Å². The van der Waals surface area contributed by atoms with Crippen LogP contribution in [-0.2, 0) is 4.74 Å². The minimum Gasteiger partial charge on any atom is -0.453 e. The van der Waals surface area contributed by atoms with E-state index in [0.717, 1.165) is 0 Å². The summed E-state index contributed by atoms with van der Waals surface area (Å²) in [5.41, 5.74) is 1.43. The van der Waals surface area contributed by atoms with Gasteiger partial charge in [-0.15, -0.1) is 0 Å². The van der Waals surface area contributed by atoms with E-state index in [2.05, 4.69) is 26.9 Å². The average Bonchev–Trinajstić information content (AvgIpc) is 2.55. The Bertz CT molecular complexity index is 816. The number of amides is 1. The van der Waals surface area contributed by atoms with E-state index >= 15 is 0 Å². The van der Waals surface area contributed by atoms with Crippen molar-refractivity contribution in [2.45, 2.75) is 0 Å². The Kier molecular flexibility index (Phi) is 4.69. The van der Waals surface area contributed by atoms with Crippen LogP contribution in [0.25, 0.3) is 0 Å². The van der Waals surface area contributed by atoms with Crippen molar-refractivity contribution in [2.75, 3.05) is 12.4 Å². The second-order valence-corrected chi connectivity index (χ2v) is 4.14. The standard InChI is InChI=1S/C16H10FN3O2/c1-22-16(21)20-15-7-11(4-5-14(15)17)2-3-12-6-13(8-18)10-19-9-12/h4-7,9-10H,1H3,(H,20,21). The third-order valence-corrected chi connectivity index (χ3v) is 2.61. The third-order valence-electron chi connectivity index (χ3n) is 2.61. The maximum absolute atomic E-state index is 13.6. The molecule has 5 nitrogen and oxygen atoms in total. The second kappa shape index (κ2) is 6.87. The van der Waals surface area contributed by atoms with Gasteiger partial charge in [-0.25, -0.2) is 9.18 Å². The Morgan fingerprint density at radius 1 is 1.23 bits per heavy atom. The first-order chi connectivity index (χ1) is 10.6. The molecule has 0 saturated carbocycles. The first-order valence-corrected chi connectivity index (χ1v) is 6.14. The fourth-order valence-electron chi connectivity index (χ4n) is 1.57. The van der Waals surface area contributed by atoms with E-state index in [1.165, 1.54) is 37.7 Å². The molecule has 0 atom stereocenters. The third kappa shape index (κ3) is 3.81. The maximum atomic E-state index is 13.6. The van der Waals surface area contributed by atoms with Gasteiger partial charge >= 0.3 is 6.09 Å². The molecular weight excluding hydrogens is 285 g/mol. The molecule has 22 heavy (non-hydrogen) atoms. The molecule has 1 N–H and O–H groups in total. The summed E-state index contributed by atoms with van der Waals surface area (Å²) in [7, 11) is 1.19. The topological polar surface area (TPSA) is 75.0 Å². The highest BCUT2D eigenvalue weighted by Crippen LogP contribution is 2.16. The molecule has 0 aliphatic heterocycles. The largest absolute Gasteiger partial charge is 0.453 e. The van der Waals surface area contributed by atoms with Crippen LogP contribution in [0.3, 0.4) is 0 Å². The molecular formula is C16H10FN3O2. The van der Waals surface area contributed by atoms with Crippen LogP contribution in [0, 0.1) is 29.0 Å². The van der Waals surface area contributed by atoms with Crippen LogP contribution in [0.4, 0.5) is 14.9 Å². The lowest BCUT2D eigenvalue weighted by molar-refractivity contribution is 0.187. The molecule has 0 bridgehead atoms. The Hall–Kier alpha value is -3.38. The van der Waals surface area contributed by atoms with E-state index in [0.29, 0.717) is 16.7 Å². The van der Waals surface area contributed by atoms with Crippen molar-refractivity contribution in [2.24, 2.45) is 0 Å². The van der Waals surface area contributed by atoms with Gasteiger partial charge in [0.05, 0.1) is 18.4 Å². The number of nitrogens with zero attached hydrogens (tertiary/aromatic N) is 2. The van der Waals surface area contributed by atoms with Crippen LogP contribution < -0.4 is 5.32 Å². The molecule has 0 unspecified atom stereocenters. The van der Waals surface area contributed by atoms with E-state index in [9.17, 15) is 9.18 Å². The molecule has 108 valence electrons. The highest BCUT2D eigenvalue weighted by Gasteiger charge is 2.06. The molecule has 1 aromatic heterocycles. The van der Waals surface area contributed by atoms with Gasteiger partial charge in [0.15, 0.2) is 0 Å². The number of hydrogen-bond donors (Lipinski definition) is 1. The number of anilines is 1. The van der Waals surface area contributed by atoms with Gasteiger partial charge < -0.3 is 4.74 Å². The number of nitrogens with one attached hydrogen (secondary N) is 1. The van der Waals surface area contributed by atoms with E-state index in [1.807, 2.05) is 6.07 Å². The normalized spacial score (nSPS) is 9.14. The molecule has 1 heterocycles. The molecule has 0 fully saturated rings. The summed E-state index contributed by atoms with van der Waals surface area (Å²) < 4.78 is 18.0. The molecule has 0 saturated heterocycles. The number of ether oxygens (including phenoxy) is 1. The zero-order valence-electron chi connectivity index (χ0n) is 11.6. The first-order valence-electron chi connectivity index (χ1n) is 6.14. The minimum atomic E-state index is -0.769. The number of pyridine rings is 1. The predicted molar refractivity (Wildman–Crippen MR) is 77.4 cm³/mol. The van der Waals surface area contributed by atoms with Crippen LogP contribution in [0.15, 0.2) is 36.7 Å². The van der Waals surface area contributed by atoms with Gasteiger partial charge in [-0.1, -0.05) is 11.8 Å². The van der Waals surface area contributed by atoms with E-state index in [4.69, 9.17) is 5.26 Å². The van der Waals surface area contributed by atoms with Crippen molar-refractivity contribution >= 4 is 11.8 Å². The number of nitriles is 1. The maximum Gasteiger partial charge on any atom is 0.411 e. The number of halogens is 1. The summed E-state index contributed by atoms with van der Waals surface area (Å²) in [6.45, 7) is 0. The van der Waals surface area contributed by atoms with Gasteiger partial charge in [-0.05, 0) is 24.3 Å². The Labute approximate surface area is 126 Å². The van der Waals surface area contributed by atoms with Crippen LogP contribution in [0.1, 0.15) is 16.7 Å². The molecule has 1 amide bonds. The van der Waals surface area contributed by atoms with Gasteiger partial charge in [0.1, 0.15) is 11.9 Å². The summed E-state index contributed by atoms with van der Waals surface area (Å²) in [4.78, 5) is 15.0. The fourth-order valence-corrected chi connectivity index (χ4v) is 1.57. The SMILES string of the molecule is COC(=O)Nc1cc(C#Cc2cncc(C#N)c2)ccc1F. The smallest absolute Gasteiger partial charge is 0.411 e. The van der Waals surface area contributed by atoms with E-state index in [1.54, 1.807) is 6.07 Å². The van der Waals surface area contributed by atoms with Crippen LogP contribution in [-0.4, -0.2) is 18.2 Å². The van der Waals surface area contributed by atoms with Gasteiger partial charge in [-0.2, -0.15) is 5.26 Å². The van der Waals surface area contributed by atoms with Crippen molar-refractivity contribution in [3.05, 3.63) is 59.2 Å². The highest BCUT2D eigenvalue weighted by atomic mass is 19.1. The number of carbonyl (C=O) groups is 1. The molecule has 6 heteroatoms. The quantitative estimate of drug-likeness (QED) is 0.821. The van der Waals surface area contributed by atoms with E-state index in [-0.39, 0.29) is 5.69 Å². The highest BCUT2D eigenvalue weighted by molar-refractivity contribution is 5.84. The minimum absolute atomic E-state index is 0.0254. The summed E-state index contributed by atoms with van der Waals surface area (Å²) in [5, 5.41) is 11.0. The molecule has 2 aromatic rings. The molecule has 0 radical (unpaired) electrons. The van der Waals surface area contributed by atoms with Gasteiger partial charge in [0.25, 0.3) is 0 Å².